The van der Waals surface area contributed by atoms with Crippen molar-refractivity contribution in [3.63, 3.8) is 0 Å². The Balaban J connectivity index is 2.43. The third kappa shape index (κ3) is 3.17. The molecule has 2 aromatic rings. The molecule has 0 fully saturated rings. The third-order valence-electron chi connectivity index (χ3n) is 3.56. The SMILES string of the molecule is Cc1ccc(C)c(C(C)(O)Cc2c(Cl)cccc2Cl)c1. The van der Waals surface area contributed by atoms with Crippen LogP contribution in [0.15, 0.2) is 36.4 Å². The largest absolute Gasteiger partial charge is 0.385 e. The normalized spacial score (nSPS) is 14.1. The van der Waals surface area contributed by atoms with E-state index in [0.717, 1.165) is 22.3 Å². The molecule has 3 heteroatoms. The molecule has 0 amide bonds. The lowest BCUT2D eigenvalue weighted by atomic mass is 9.85. The monoisotopic (exact) mass is 308 g/mol. The van der Waals surface area contributed by atoms with E-state index in [0.29, 0.717) is 16.5 Å². The van der Waals surface area contributed by atoms with Crippen LogP contribution in [0.4, 0.5) is 0 Å². The number of aryl methyl sites for hydroxylation is 2. The van der Waals surface area contributed by atoms with E-state index in [1.54, 1.807) is 25.1 Å². The molecule has 1 unspecified atom stereocenters. The van der Waals surface area contributed by atoms with Gasteiger partial charge in [0.25, 0.3) is 0 Å². The van der Waals surface area contributed by atoms with Gasteiger partial charge in [-0.1, -0.05) is 53.0 Å². The molecule has 0 radical (unpaired) electrons. The Morgan fingerprint density at radius 1 is 1.05 bits per heavy atom. The van der Waals surface area contributed by atoms with Gasteiger partial charge < -0.3 is 5.11 Å². The van der Waals surface area contributed by atoms with Gasteiger partial charge in [0, 0.05) is 16.5 Å². The van der Waals surface area contributed by atoms with Gasteiger partial charge in [0.05, 0.1) is 5.60 Å². The molecule has 0 aliphatic rings. The maximum Gasteiger partial charge on any atom is 0.0912 e. The number of halogens is 2. The second-order valence-corrected chi connectivity index (χ2v) is 6.28. The Hall–Kier alpha value is -1.02. The first-order valence-corrected chi connectivity index (χ1v) is 7.30. The van der Waals surface area contributed by atoms with Crippen molar-refractivity contribution in [1.82, 2.24) is 0 Å². The van der Waals surface area contributed by atoms with Crippen molar-refractivity contribution in [3.05, 3.63) is 68.7 Å². The minimum atomic E-state index is -1.01. The van der Waals surface area contributed by atoms with Crippen LogP contribution in [-0.4, -0.2) is 5.11 Å². The molecule has 1 nitrogen and oxygen atoms in total. The predicted molar refractivity (Wildman–Crippen MR) is 85.7 cm³/mol. The third-order valence-corrected chi connectivity index (χ3v) is 4.26. The lowest BCUT2D eigenvalue weighted by Gasteiger charge is -2.27. The summed E-state index contributed by atoms with van der Waals surface area (Å²) in [5, 5.41) is 12.0. The Bertz CT molecular complexity index is 613. The molecule has 1 atom stereocenters. The summed E-state index contributed by atoms with van der Waals surface area (Å²) in [5.41, 5.74) is 2.86. The van der Waals surface area contributed by atoms with Crippen molar-refractivity contribution < 1.29 is 5.11 Å². The van der Waals surface area contributed by atoms with Crippen LogP contribution < -0.4 is 0 Å². The van der Waals surface area contributed by atoms with Gasteiger partial charge in [0.15, 0.2) is 0 Å². The van der Waals surface area contributed by atoms with Crippen LogP contribution in [0.25, 0.3) is 0 Å². The molecule has 0 aromatic heterocycles. The molecule has 2 rings (SSSR count). The molecule has 0 bridgehead atoms. The Morgan fingerprint density at radius 2 is 1.65 bits per heavy atom. The van der Waals surface area contributed by atoms with E-state index in [1.807, 2.05) is 32.0 Å². The fourth-order valence-electron chi connectivity index (χ4n) is 2.46. The second-order valence-electron chi connectivity index (χ2n) is 5.47. The molecule has 2 aromatic carbocycles. The maximum atomic E-state index is 10.9. The molecule has 0 heterocycles. The average molecular weight is 309 g/mol. The van der Waals surface area contributed by atoms with Crippen molar-refractivity contribution in [3.8, 4) is 0 Å². The average Bonchev–Trinajstić information content (AvgIpc) is 2.37. The molecule has 106 valence electrons. The number of aliphatic hydroxyl groups is 1. The van der Waals surface area contributed by atoms with Gasteiger partial charge in [0.2, 0.25) is 0 Å². The zero-order valence-electron chi connectivity index (χ0n) is 11.9. The molecule has 0 spiro atoms. The standard InChI is InChI=1S/C17H18Cl2O/c1-11-7-8-12(2)14(9-11)17(3,20)10-13-15(18)5-4-6-16(13)19/h4-9,20H,10H2,1-3H3. The Labute approximate surface area is 130 Å². The topological polar surface area (TPSA) is 20.2 Å². The lowest BCUT2D eigenvalue weighted by Crippen LogP contribution is -2.26. The molecular weight excluding hydrogens is 291 g/mol. The summed E-state index contributed by atoms with van der Waals surface area (Å²) in [6, 6.07) is 11.5. The summed E-state index contributed by atoms with van der Waals surface area (Å²) < 4.78 is 0. The van der Waals surface area contributed by atoms with Gasteiger partial charge in [-0.05, 0) is 49.6 Å². The highest BCUT2D eigenvalue weighted by atomic mass is 35.5. The summed E-state index contributed by atoms with van der Waals surface area (Å²) in [6.45, 7) is 5.81. The van der Waals surface area contributed by atoms with E-state index in [1.165, 1.54) is 0 Å². The Morgan fingerprint density at radius 3 is 2.25 bits per heavy atom. The van der Waals surface area contributed by atoms with Crippen molar-refractivity contribution in [2.24, 2.45) is 0 Å². The molecule has 20 heavy (non-hydrogen) atoms. The second kappa shape index (κ2) is 5.77. The minimum Gasteiger partial charge on any atom is -0.385 e. The van der Waals surface area contributed by atoms with Gasteiger partial charge in [-0.15, -0.1) is 0 Å². The first-order valence-electron chi connectivity index (χ1n) is 6.54. The number of rotatable bonds is 3. The van der Waals surface area contributed by atoms with Crippen molar-refractivity contribution >= 4 is 23.2 Å². The highest BCUT2D eigenvalue weighted by Gasteiger charge is 2.27. The molecule has 1 N–H and O–H groups in total. The van der Waals surface area contributed by atoms with Crippen LogP contribution in [0.5, 0.6) is 0 Å². The molecule has 0 aliphatic heterocycles. The number of benzene rings is 2. The van der Waals surface area contributed by atoms with Gasteiger partial charge in [-0.2, -0.15) is 0 Å². The zero-order chi connectivity index (χ0) is 14.9. The van der Waals surface area contributed by atoms with Crippen molar-refractivity contribution in [2.45, 2.75) is 32.8 Å². The minimum absolute atomic E-state index is 0.385. The van der Waals surface area contributed by atoms with Crippen molar-refractivity contribution in [1.29, 1.82) is 0 Å². The van der Waals surface area contributed by atoms with Crippen LogP contribution in [0, 0.1) is 13.8 Å². The lowest BCUT2D eigenvalue weighted by molar-refractivity contribution is 0.0569. The van der Waals surface area contributed by atoms with Gasteiger partial charge in [-0.25, -0.2) is 0 Å². The maximum absolute atomic E-state index is 10.9. The quantitative estimate of drug-likeness (QED) is 0.840. The highest BCUT2D eigenvalue weighted by Crippen LogP contribution is 2.34. The molecule has 0 aliphatic carbocycles. The van der Waals surface area contributed by atoms with Crippen LogP contribution in [-0.2, 0) is 12.0 Å². The highest BCUT2D eigenvalue weighted by molar-refractivity contribution is 6.36. The molecule has 0 saturated heterocycles. The van der Waals surface area contributed by atoms with Gasteiger partial charge in [0.1, 0.15) is 0 Å². The van der Waals surface area contributed by atoms with Gasteiger partial charge >= 0.3 is 0 Å². The van der Waals surface area contributed by atoms with E-state index in [9.17, 15) is 5.11 Å². The van der Waals surface area contributed by atoms with Crippen LogP contribution in [0.3, 0.4) is 0 Å². The zero-order valence-corrected chi connectivity index (χ0v) is 13.4. The fourth-order valence-corrected chi connectivity index (χ4v) is 2.99. The number of hydrogen-bond donors (Lipinski definition) is 1. The smallest absolute Gasteiger partial charge is 0.0912 e. The van der Waals surface area contributed by atoms with E-state index in [2.05, 4.69) is 0 Å². The summed E-state index contributed by atoms with van der Waals surface area (Å²) in [6.07, 6.45) is 0.385. The van der Waals surface area contributed by atoms with Crippen LogP contribution in [0.1, 0.15) is 29.2 Å². The fraction of sp³-hybridized carbons (Fsp3) is 0.294. The van der Waals surface area contributed by atoms with E-state index in [4.69, 9.17) is 23.2 Å². The summed E-state index contributed by atoms with van der Waals surface area (Å²) in [4.78, 5) is 0. The summed E-state index contributed by atoms with van der Waals surface area (Å²) in [7, 11) is 0. The number of hydrogen-bond acceptors (Lipinski definition) is 1. The summed E-state index contributed by atoms with van der Waals surface area (Å²) in [5.74, 6) is 0. The molecular formula is C17H18Cl2O. The van der Waals surface area contributed by atoms with Crippen molar-refractivity contribution in [2.75, 3.05) is 0 Å². The van der Waals surface area contributed by atoms with Crippen LogP contribution >= 0.6 is 23.2 Å². The first-order chi connectivity index (χ1) is 9.31. The predicted octanol–water partition coefficient (Wildman–Crippen LogP) is 5.06. The Kier molecular flexibility index (Phi) is 4.43. The molecule has 0 saturated carbocycles. The van der Waals surface area contributed by atoms with E-state index >= 15 is 0 Å². The van der Waals surface area contributed by atoms with E-state index < -0.39 is 5.60 Å². The van der Waals surface area contributed by atoms with Crippen LogP contribution in [0.2, 0.25) is 10.0 Å². The first kappa shape index (κ1) is 15.4. The van der Waals surface area contributed by atoms with Gasteiger partial charge in [-0.3, -0.25) is 0 Å². The van der Waals surface area contributed by atoms with E-state index in [-0.39, 0.29) is 0 Å². The summed E-state index contributed by atoms with van der Waals surface area (Å²) >= 11 is 12.4.